The second-order valence-electron chi connectivity index (χ2n) is 9.15. The molecule has 0 saturated carbocycles. The Kier molecular flexibility index (Phi) is 5.93. The minimum Gasteiger partial charge on any atom is -0.496 e. The highest BCUT2D eigenvalue weighted by Gasteiger charge is 2.36. The van der Waals surface area contributed by atoms with Crippen LogP contribution < -0.4 is 9.47 Å². The van der Waals surface area contributed by atoms with Crippen LogP contribution in [0.2, 0.25) is 0 Å². The first-order chi connectivity index (χ1) is 15.7. The third-order valence-corrected chi connectivity index (χ3v) is 6.66. The number of carbonyl (C=O) groups is 1. The lowest BCUT2D eigenvalue weighted by atomic mass is 9.95. The molecule has 0 spiro atoms. The molecule has 0 atom stereocenters. The van der Waals surface area contributed by atoms with Crippen molar-refractivity contribution in [3.05, 3.63) is 45.8 Å². The Labute approximate surface area is 198 Å². The van der Waals surface area contributed by atoms with E-state index in [0.717, 1.165) is 40.2 Å². The highest BCUT2D eigenvalue weighted by Crippen LogP contribution is 2.44. The molecular weight excluding hydrogens is 436 g/mol. The smallest absolute Gasteiger partial charge is 0.275 e. The summed E-state index contributed by atoms with van der Waals surface area (Å²) in [5, 5.41) is 18.3. The van der Waals surface area contributed by atoms with E-state index in [-0.39, 0.29) is 12.5 Å². The minimum absolute atomic E-state index is 0.209. The van der Waals surface area contributed by atoms with Crippen LogP contribution in [0.5, 0.6) is 11.5 Å². The van der Waals surface area contributed by atoms with Gasteiger partial charge in [-0.25, -0.2) is 4.68 Å². The first-order valence-corrected chi connectivity index (χ1v) is 11.8. The first-order valence-electron chi connectivity index (χ1n) is 10.9. The summed E-state index contributed by atoms with van der Waals surface area (Å²) in [7, 11) is 3.30. The number of fused-ring (bicyclic) bond motifs is 3. The van der Waals surface area contributed by atoms with Gasteiger partial charge in [0.1, 0.15) is 23.6 Å². The van der Waals surface area contributed by atoms with Crippen molar-refractivity contribution in [2.75, 3.05) is 14.2 Å². The van der Waals surface area contributed by atoms with Gasteiger partial charge in [-0.1, -0.05) is 13.8 Å². The molecule has 0 fully saturated rings. The number of methoxy groups -OCH3 is 1. The van der Waals surface area contributed by atoms with Crippen molar-refractivity contribution in [2.24, 2.45) is 5.92 Å². The lowest BCUT2D eigenvalue weighted by Crippen LogP contribution is -2.44. The molecule has 0 aliphatic carbocycles. The van der Waals surface area contributed by atoms with E-state index >= 15 is 0 Å². The number of nitriles is 1. The molecule has 2 aromatic heterocycles. The number of ether oxygens (including phenoxy) is 2. The molecule has 8 heteroatoms. The number of hydrogen-bond acceptors (Lipinski definition) is 6. The van der Waals surface area contributed by atoms with Crippen LogP contribution in [0.25, 0.3) is 16.9 Å². The van der Waals surface area contributed by atoms with Gasteiger partial charge >= 0.3 is 0 Å². The standard InChI is InChI=1S/C25H28N4O3S/c1-15(2)9-16-10-18-21(11-20(16)31-6)32-12-19-22(24(30)28(5)25(3,4)14-26)27-29(23(18)19)17-7-8-33-13-17/h7-8,10-11,13,15H,9,12H2,1-6H3. The van der Waals surface area contributed by atoms with Gasteiger partial charge < -0.3 is 14.4 Å². The number of amides is 1. The summed E-state index contributed by atoms with van der Waals surface area (Å²) in [6, 6.07) is 8.18. The average molecular weight is 465 g/mol. The number of aromatic nitrogens is 2. The van der Waals surface area contributed by atoms with E-state index in [1.165, 1.54) is 4.90 Å². The van der Waals surface area contributed by atoms with Crippen LogP contribution >= 0.6 is 11.3 Å². The third kappa shape index (κ3) is 3.98. The summed E-state index contributed by atoms with van der Waals surface area (Å²) in [5.41, 5.74) is 3.74. The molecule has 33 heavy (non-hydrogen) atoms. The second kappa shape index (κ2) is 8.56. The zero-order valence-electron chi connectivity index (χ0n) is 19.8. The SMILES string of the molecule is COc1cc2c(cc1CC(C)C)-c1c(c(C(=O)N(C)C(C)(C)C#N)nn1-c1ccsc1)CO2. The summed E-state index contributed by atoms with van der Waals surface area (Å²) in [6.07, 6.45) is 0.850. The molecule has 1 aromatic carbocycles. The van der Waals surface area contributed by atoms with Crippen LogP contribution in [-0.2, 0) is 13.0 Å². The maximum atomic E-state index is 13.5. The fraction of sp³-hybridized carbons (Fsp3) is 0.400. The fourth-order valence-corrected chi connectivity index (χ4v) is 4.55. The van der Waals surface area contributed by atoms with E-state index in [1.807, 2.05) is 27.6 Å². The molecule has 172 valence electrons. The van der Waals surface area contributed by atoms with Crippen LogP contribution in [-0.4, -0.2) is 40.3 Å². The van der Waals surface area contributed by atoms with Gasteiger partial charge in [-0.2, -0.15) is 21.7 Å². The number of hydrogen-bond donors (Lipinski definition) is 0. The number of nitrogens with zero attached hydrogens (tertiary/aromatic N) is 4. The predicted octanol–water partition coefficient (Wildman–Crippen LogP) is 5.07. The topological polar surface area (TPSA) is 80.4 Å². The van der Waals surface area contributed by atoms with Crippen LogP contribution in [0.15, 0.2) is 29.0 Å². The van der Waals surface area contributed by atoms with Gasteiger partial charge in [0.25, 0.3) is 5.91 Å². The molecule has 1 aliphatic heterocycles. The maximum Gasteiger partial charge on any atom is 0.275 e. The second-order valence-corrected chi connectivity index (χ2v) is 9.93. The molecule has 0 radical (unpaired) electrons. The van der Waals surface area contributed by atoms with Crippen molar-refractivity contribution in [3.63, 3.8) is 0 Å². The summed E-state index contributed by atoms with van der Waals surface area (Å²) in [5.74, 6) is 1.63. The van der Waals surface area contributed by atoms with Crippen molar-refractivity contribution < 1.29 is 14.3 Å². The molecule has 0 N–H and O–H groups in total. The Morgan fingerprint density at radius 1 is 1.42 bits per heavy atom. The highest BCUT2D eigenvalue weighted by atomic mass is 32.1. The molecule has 0 saturated heterocycles. The molecule has 3 heterocycles. The van der Waals surface area contributed by atoms with Gasteiger partial charge in [-0.15, -0.1) is 0 Å². The lowest BCUT2D eigenvalue weighted by molar-refractivity contribution is 0.0689. The Balaban J connectivity index is 1.94. The monoisotopic (exact) mass is 464 g/mol. The summed E-state index contributed by atoms with van der Waals surface area (Å²) < 4.78 is 13.6. The van der Waals surface area contributed by atoms with Crippen molar-refractivity contribution in [1.82, 2.24) is 14.7 Å². The Bertz CT molecular complexity index is 1240. The molecule has 0 unspecified atom stereocenters. The Morgan fingerprint density at radius 3 is 2.79 bits per heavy atom. The Morgan fingerprint density at radius 2 is 2.18 bits per heavy atom. The maximum absolute atomic E-state index is 13.5. The molecule has 7 nitrogen and oxygen atoms in total. The number of benzene rings is 1. The number of thiophene rings is 1. The normalized spacial score (nSPS) is 12.5. The molecule has 1 aliphatic rings. The predicted molar refractivity (Wildman–Crippen MR) is 128 cm³/mol. The van der Waals surface area contributed by atoms with E-state index in [0.29, 0.717) is 17.4 Å². The number of carbonyl (C=O) groups excluding carboxylic acids is 1. The largest absolute Gasteiger partial charge is 0.496 e. The van der Waals surface area contributed by atoms with Gasteiger partial charge in [0.15, 0.2) is 5.69 Å². The molecule has 3 aromatic rings. The van der Waals surface area contributed by atoms with Crippen molar-refractivity contribution >= 4 is 17.2 Å². The lowest BCUT2D eigenvalue weighted by Gasteiger charge is -2.29. The molecule has 4 rings (SSSR count). The zero-order valence-corrected chi connectivity index (χ0v) is 20.6. The summed E-state index contributed by atoms with van der Waals surface area (Å²) in [6.45, 7) is 7.97. The van der Waals surface area contributed by atoms with Crippen LogP contribution in [0.3, 0.4) is 0 Å². The fourth-order valence-electron chi connectivity index (χ4n) is 3.94. The van der Waals surface area contributed by atoms with E-state index in [9.17, 15) is 10.1 Å². The van der Waals surface area contributed by atoms with Gasteiger partial charge in [-0.05, 0) is 49.3 Å². The third-order valence-electron chi connectivity index (χ3n) is 5.99. The Hall–Kier alpha value is -3.31. The van der Waals surface area contributed by atoms with Crippen LogP contribution in [0.1, 0.15) is 49.3 Å². The van der Waals surface area contributed by atoms with E-state index in [1.54, 1.807) is 39.3 Å². The van der Waals surface area contributed by atoms with E-state index < -0.39 is 5.54 Å². The van der Waals surface area contributed by atoms with Crippen LogP contribution in [0, 0.1) is 17.2 Å². The molecule has 1 amide bonds. The minimum atomic E-state index is -0.971. The van der Waals surface area contributed by atoms with E-state index in [4.69, 9.17) is 14.6 Å². The average Bonchev–Trinajstić information content (AvgIpc) is 3.45. The van der Waals surface area contributed by atoms with Crippen molar-refractivity contribution in [1.29, 1.82) is 5.26 Å². The van der Waals surface area contributed by atoms with Crippen molar-refractivity contribution in [2.45, 2.75) is 46.3 Å². The summed E-state index contributed by atoms with van der Waals surface area (Å²) in [4.78, 5) is 14.9. The molecular formula is C25H28N4O3S. The highest BCUT2D eigenvalue weighted by molar-refractivity contribution is 7.08. The van der Waals surface area contributed by atoms with E-state index in [2.05, 4.69) is 26.0 Å². The van der Waals surface area contributed by atoms with Gasteiger partial charge in [0.05, 0.1) is 24.6 Å². The van der Waals surface area contributed by atoms with Gasteiger partial charge in [-0.3, -0.25) is 4.79 Å². The first kappa shape index (κ1) is 22.9. The quantitative estimate of drug-likeness (QED) is 0.509. The molecule has 0 bridgehead atoms. The summed E-state index contributed by atoms with van der Waals surface area (Å²) >= 11 is 1.57. The van der Waals surface area contributed by atoms with Crippen LogP contribution in [0.4, 0.5) is 0 Å². The zero-order chi connectivity index (χ0) is 23.9. The van der Waals surface area contributed by atoms with Crippen molar-refractivity contribution in [3.8, 4) is 34.5 Å². The number of rotatable bonds is 6. The van der Waals surface area contributed by atoms with Gasteiger partial charge in [0, 0.05) is 29.6 Å². The van der Waals surface area contributed by atoms with Gasteiger partial charge in [0.2, 0.25) is 0 Å².